The Balaban J connectivity index is 2.35. The van der Waals surface area contributed by atoms with E-state index in [4.69, 9.17) is 11.6 Å². The van der Waals surface area contributed by atoms with E-state index in [1.807, 2.05) is 0 Å². The monoisotopic (exact) mass is 318 g/mol. The van der Waals surface area contributed by atoms with E-state index in [1.54, 1.807) is 0 Å². The second kappa shape index (κ2) is 5.67. The number of benzene rings is 1. The molecule has 0 amide bonds. The van der Waals surface area contributed by atoms with E-state index in [9.17, 15) is 18.5 Å². The molecule has 0 heterocycles. The van der Waals surface area contributed by atoms with E-state index in [0.29, 0.717) is 17.9 Å². The summed E-state index contributed by atoms with van der Waals surface area (Å²) in [7, 11) is -2.43. The standard InChI is InChI=1S/C12H15ClN2O4S/c1-14-20(18,19)10-5-4-9(12(7-10)15(16)17)6-11(13)8-2-3-8/h4-5,7-8,11,14H,2-3,6H2,1H3. The quantitative estimate of drug-likeness (QED) is 0.494. The van der Waals surface area contributed by atoms with Gasteiger partial charge in [-0.25, -0.2) is 13.1 Å². The van der Waals surface area contributed by atoms with Crippen LogP contribution in [0, 0.1) is 16.0 Å². The summed E-state index contributed by atoms with van der Waals surface area (Å²) < 4.78 is 25.5. The zero-order chi connectivity index (χ0) is 14.9. The number of nitro benzene ring substituents is 1. The van der Waals surface area contributed by atoms with Gasteiger partial charge in [0, 0.05) is 17.0 Å². The minimum absolute atomic E-state index is 0.118. The first-order valence-electron chi connectivity index (χ1n) is 6.20. The highest BCUT2D eigenvalue weighted by atomic mass is 35.5. The number of nitrogens with one attached hydrogen (secondary N) is 1. The van der Waals surface area contributed by atoms with Crippen molar-refractivity contribution in [1.29, 1.82) is 0 Å². The fourth-order valence-corrected chi connectivity index (χ4v) is 3.17. The average Bonchev–Trinajstić information content (AvgIpc) is 3.23. The Hall–Kier alpha value is -1.18. The van der Waals surface area contributed by atoms with Gasteiger partial charge in [0.05, 0.1) is 9.82 Å². The summed E-state index contributed by atoms with van der Waals surface area (Å²) in [5.74, 6) is 0.414. The highest BCUT2D eigenvalue weighted by Crippen LogP contribution is 2.38. The van der Waals surface area contributed by atoms with Crippen molar-refractivity contribution in [1.82, 2.24) is 4.72 Å². The molecule has 0 spiro atoms. The number of hydrogen-bond acceptors (Lipinski definition) is 4. The van der Waals surface area contributed by atoms with E-state index in [0.717, 1.165) is 18.9 Å². The third kappa shape index (κ3) is 3.28. The Bertz CT molecular complexity index is 628. The third-order valence-corrected chi connectivity index (χ3v) is 5.30. The number of hydrogen-bond donors (Lipinski definition) is 1. The molecule has 0 aliphatic heterocycles. The van der Waals surface area contributed by atoms with Crippen LogP contribution < -0.4 is 4.72 Å². The van der Waals surface area contributed by atoms with Gasteiger partial charge >= 0.3 is 0 Å². The third-order valence-electron chi connectivity index (χ3n) is 3.38. The molecule has 1 atom stereocenters. The molecule has 1 N–H and O–H groups in total. The Labute approximate surface area is 122 Å². The summed E-state index contributed by atoms with van der Waals surface area (Å²) in [5, 5.41) is 11.0. The molecule has 0 aromatic heterocycles. The first-order valence-corrected chi connectivity index (χ1v) is 8.12. The highest BCUT2D eigenvalue weighted by Gasteiger charge is 2.31. The molecule has 0 saturated heterocycles. The minimum atomic E-state index is -3.69. The lowest BCUT2D eigenvalue weighted by atomic mass is 10.1. The van der Waals surface area contributed by atoms with Crippen LogP contribution in [0.4, 0.5) is 5.69 Å². The van der Waals surface area contributed by atoms with E-state index < -0.39 is 14.9 Å². The Morgan fingerprint density at radius 1 is 1.50 bits per heavy atom. The molecule has 1 unspecified atom stereocenters. The molecular formula is C12H15ClN2O4S. The van der Waals surface area contributed by atoms with Crippen LogP contribution in [-0.4, -0.2) is 25.8 Å². The Kier molecular flexibility index (Phi) is 4.31. The topological polar surface area (TPSA) is 89.3 Å². The van der Waals surface area contributed by atoms with Gasteiger partial charge in [-0.05, 0) is 38.3 Å². The van der Waals surface area contributed by atoms with Gasteiger partial charge in [0.1, 0.15) is 0 Å². The lowest BCUT2D eigenvalue weighted by Crippen LogP contribution is -2.19. The molecule has 0 radical (unpaired) electrons. The predicted octanol–water partition coefficient (Wildman–Crippen LogP) is 2.06. The molecule has 1 aromatic carbocycles. The average molecular weight is 319 g/mol. The van der Waals surface area contributed by atoms with Gasteiger partial charge in [0.25, 0.3) is 5.69 Å². The first-order chi connectivity index (χ1) is 9.35. The van der Waals surface area contributed by atoms with Crippen LogP contribution in [0.15, 0.2) is 23.1 Å². The summed E-state index contributed by atoms with van der Waals surface area (Å²) >= 11 is 6.19. The summed E-state index contributed by atoms with van der Waals surface area (Å²) in [4.78, 5) is 10.4. The minimum Gasteiger partial charge on any atom is -0.258 e. The largest absolute Gasteiger partial charge is 0.273 e. The lowest BCUT2D eigenvalue weighted by Gasteiger charge is -2.10. The second-order valence-corrected chi connectivity index (χ2v) is 7.26. The zero-order valence-corrected chi connectivity index (χ0v) is 12.4. The lowest BCUT2D eigenvalue weighted by molar-refractivity contribution is -0.385. The molecule has 20 heavy (non-hydrogen) atoms. The van der Waals surface area contributed by atoms with Crippen molar-refractivity contribution in [3.05, 3.63) is 33.9 Å². The SMILES string of the molecule is CNS(=O)(=O)c1ccc(CC(Cl)C2CC2)c([N+](=O)[O-])c1. The van der Waals surface area contributed by atoms with Crippen molar-refractivity contribution in [3.8, 4) is 0 Å². The summed E-state index contributed by atoms with van der Waals surface area (Å²) in [6.07, 6.45) is 2.48. The molecule has 1 aliphatic carbocycles. The van der Waals surface area contributed by atoms with Crippen LogP contribution in [0.3, 0.4) is 0 Å². The molecule has 110 valence electrons. The van der Waals surface area contributed by atoms with E-state index in [2.05, 4.69) is 4.72 Å². The van der Waals surface area contributed by atoms with Gasteiger partial charge in [0.2, 0.25) is 10.0 Å². The van der Waals surface area contributed by atoms with Gasteiger partial charge in [-0.3, -0.25) is 10.1 Å². The number of sulfonamides is 1. The summed E-state index contributed by atoms with van der Waals surface area (Å²) in [6, 6.07) is 3.92. The van der Waals surface area contributed by atoms with Crippen LogP contribution in [0.25, 0.3) is 0 Å². The molecule has 1 saturated carbocycles. The normalized spacial score (nSPS) is 16.9. The van der Waals surface area contributed by atoms with Gasteiger partial charge in [0.15, 0.2) is 0 Å². The number of nitrogens with zero attached hydrogens (tertiary/aromatic N) is 1. The predicted molar refractivity (Wildman–Crippen MR) is 75.4 cm³/mol. The number of rotatable bonds is 6. The Morgan fingerprint density at radius 2 is 2.15 bits per heavy atom. The van der Waals surface area contributed by atoms with Crippen molar-refractivity contribution in [2.24, 2.45) is 5.92 Å². The maximum atomic E-state index is 11.7. The molecule has 8 heteroatoms. The molecule has 1 aliphatic rings. The van der Waals surface area contributed by atoms with Crippen LogP contribution in [0.2, 0.25) is 0 Å². The van der Waals surface area contributed by atoms with E-state index >= 15 is 0 Å². The molecule has 1 aromatic rings. The van der Waals surface area contributed by atoms with Crippen LogP contribution in [0.1, 0.15) is 18.4 Å². The van der Waals surface area contributed by atoms with E-state index in [-0.39, 0.29) is 16.0 Å². The zero-order valence-electron chi connectivity index (χ0n) is 10.9. The summed E-state index contributed by atoms with van der Waals surface area (Å²) in [5.41, 5.74) is 0.268. The van der Waals surface area contributed by atoms with Crippen molar-refractivity contribution in [2.75, 3.05) is 7.05 Å². The summed E-state index contributed by atoms with van der Waals surface area (Å²) in [6.45, 7) is 0. The van der Waals surface area contributed by atoms with Gasteiger partial charge in [-0.15, -0.1) is 11.6 Å². The number of alkyl halides is 1. The highest BCUT2D eigenvalue weighted by molar-refractivity contribution is 7.89. The van der Waals surface area contributed by atoms with Crippen molar-refractivity contribution >= 4 is 27.3 Å². The van der Waals surface area contributed by atoms with Crippen molar-refractivity contribution in [2.45, 2.75) is 29.5 Å². The molecular weight excluding hydrogens is 304 g/mol. The van der Waals surface area contributed by atoms with Gasteiger partial charge < -0.3 is 0 Å². The molecule has 0 bridgehead atoms. The maximum Gasteiger partial charge on any atom is 0.273 e. The Morgan fingerprint density at radius 3 is 2.65 bits per heavy atom. The smallest absolute Gasteiger partial charge is 0.258 e. The van der Waals surface area contributed by atoms with Crippen molar-refractivity contribution < 1.29 is 13.3 Å². The van der Waals surface area contributed by atoms with Crippen LogP contribution >= 0.6 is 11.6 Å². The van der Waals surface area contributed by atoms with Gasteiger partial charge in [-0.2, -0.15) is 0 Å². The maximum absolute atomic E-state index is 11.7. The fourth-order valence-electron chi connectivity index (χ4n) is 2.01. The van der Waals surface area contributed by atoms with Crippen LogP contribution in [0.5, 0.6) is 0 Å². The van der Waals surface area contributed by atoms with Crippen molar-refractivity contribution in [3.63, 3.8) is 0 Å². The second-order valence-electron chi connectivity index (χ2n) is 4.81. The fraction of sp³-hybridized carbons (Fsp3) is 0.500. The van der Waals surface area contributed by atoms with Crippen LogP contribution in [-0.2, 0) is 16.4 Å². The van der Waals surface area contributed by atoms with Gasteiger partial charge in [-0.1, -0.05) is 6.07 Å². The number of halogens is 1. The number of nitro groups is 1. The molecule has 2 rings (SSSR count). The molecule has 6 nitrogen and oxygen atoms in total. The molecule has 1 fully saturated rings. The first kappa shape index (κ1) is 15.2. The van der Waals surface area contributed by atoms with E-state index in [1.165, 1.54) is 19.2 Å².